The van der Waals surface area contributed by atoms with Gasteiger partial charge in [0.2, 0.25) is 0 Å². The third-order valence-corrected chi connectivity index (χ3v) is 5.07. The molecule has 1 saturated heterocycles. The Labute approximate surface area is 172 Å². The highest BCUT2D eigenvalue weighted by molar-refractivity contribution is 5.80. The van der Waals surface area contributed by atoms with Gasteiger partial charge in [0.15, 0.2) is 5.96 Å². The first-order chi connectivity index (χ1) is 14.1. The fourth-order valence-corrected chi connectivity index (χ4v) is 3.51. The van der Waals surface area contributed by atoms with Crippen molar-refractivity contribution in [1.82, 2.24) is 20.4 Å². The fraction of sp³-hybridized carbons (Fsp3) is 0.524. The second-order valence-electron chi connectivity index (χ2n) is 7.28. The highest BCUT2D eigenvalue weighted by Gasteiger charge is 2.24. The molecule has 0 radical (unpaired) electrons. The molecule has 2 N–H and O–H groups in total. The first-order valence-corrected chi connectivity index (χ1v) is 10.1. The van der Waals surface area contributed by atoms with E-state index in [1.54, 1.807) is 14.2 Å². The second-order valence-corrected chi connectivity index (χ2v) is 7.28. The Kier molecular flexibility index (Phi) is 7.21. The molecule has 0 spiro atoms. The standard InChI is InChI=1S/C21H32N6O2/c1-16-13-24-27(14-16)8-5-7-23-21(22-2)25-17-6-9-26(15-17)18-10-19(28-3)12-20(11-18)29-4/h10-14,17H,5-9,15H2,1-4H3,(H2,22,23,25). The third-order valence-electron chi connectivity index (χ3n) is 5.07. The van der Waals surface area contributed by atoms with Crippen LogP contribution in [0.5, 0.6) is 11.5 Å². The number of hydrogen-bond donors (Lipinski definition) is 2. The van der Waals surface area contributed by atoms with Crippen LogP contribution in [-0.2, 0) is 6.54 Å². The van der Waals surface area contributed by atoms with E-state index >= 15 is 0 Å². The fourth-order valence-electron chi connectivity index (χ4n) is 3.51. The predicted molar refractivity (Wildman–Crippen MR) is 116 cm³/mol. The quantitative estimate of drug-likeness (QED) is 0.401. The Morgan fingerprint density at radius 1 is 1.24 bits per heavy atom. The number of anilines is 1. The highest BCUT2D eigenvalue weighted by Crippen LogP contribution is 2.30. The predicted octanol–water partition coefficient (Wildman–Crippen LogP) is 2.04. The Bertz CT molecular complexity index is 797. The molecule has 8 heteroatoms. The van der Waals surface area contributed by atoms with E-state index in [0.717, 1.165) is 62.2 Å². The molecule has 1 aromatic heterocycles. The summed E-state index contributed by atoms with van der Waals surface area (Å²) in [6, 6.07) is 6.34. The molecule has 0 aliphatic carbocycles. The average molecular weight is 401 g/mol. The number of methoxy groups -OCH3 is 2. The van der Waals surface area contributed by atoms with E-state index in [-0.39, 0.29) is 0 Å². The Morgan fingerprint density at radius 3 is 2.62 bits per heavy atom. The zero-order valence-corrected chi connectivity index (χ0v) is 17.8. The zero-order valence-electron chi connectivity index (χ0n) is 17.8. The molecule has 2 heterocycles. The van der Waals surface area contributed by atoms with Crippen molar-refractivity contribution in [3.8, 4) is 11.5 Å². The molecule has 3 rings (SSSR count). The van der Waals surface area contributed by atoms with Crippen LogP contribution < -0.4 is 25.0 Å². The van der Waals surface area contributed by atoms with Crippen molar-refractivity contribution in [2.75, 3.05) is 45.8 Å². The van der Waals surface area contributed by atoms with Gasteiger partial charge in [0, 0.05) is 69.4 Å². The van der Waals surface area contributed by atoms with Gasteiger partial charge < -0.3 is 25.0 Å². The molecule has 1 fully saturated rings. The van der Waals surface area contributed by atoms with Crippen LogP contribution in [0.4, 0.5) is 5.69 Å². The minimum absolute atomic E-state index is 0.340. The Balaban J connectivity index is 1.46. The van der Waals surface area contributed by atoms with Gasteiger partial charge in [0.25, 0.3) is 0 Å². The molecule has 1 atom stereocenters. The third kappa shape index (κ3) is 5.79. The van der Waals surface area contributed by atoms with Gasteiger partial charge in [-0.1, -0.05) is 0 Å². The van der Waals surface area contributed by atoms with E-state index in [1.807, 2.05) is 24.0 Å². The summed E-state index contributed by atoms with van der Waals surface area (Å²) in [7, 11) is 5.16. The van der Waals surface area contributed by atoms with E-state index < -0.39 is 0 Å². The molecule has 29 heavy (non-hydrogen) atoms. The average Bonchev–Trinajstić information content (AvgIpc) is 3.38. The second kappa shape index (κ2) is 10.0. The van der Waals surface area contributed by atoms with Gasteiger partial charge in [-0.25, -0.2) is 0 Å². The lowest BCUT2D eigenvalue weighted by Crippen LogP contribution is -2.45. The number of rotatable bonds is 8. The minimum atomic E-state index is 0.340. The van der Waals surface area contributed by atoms with Crippen LogP contribution >= 0.6 is 0 Å². The number of aliphatic imine (C=N–C) groups is 1. The van der Waals surface area contributed by atoms with E-state index in [1.165, 1.54) is 5.56 Å². The molecule has 2 aromatic rings. The number of aromatic nitrogens is 2. The van der Waals surface area contributed by atoms with Gasteiger partial charge in [0.05, 0.1) is 20.4 Å². The first kappa shape index (κ1) is 20.8. The van der Waals surface area contributed by atoms with Crippen molar-refractivity contribution < 1.29 is 9.47 Å². The van der Waals surface area contributed by atoms with Crippen molar-refractivity contribution in [3.63, 3.8) is 0 Å². The molecule has 8 nitrogen and oxygen atoms in total. The number of nitrogens with one attached hydrogen (secondary N) is 2. The van der Waals surface area contributed by atoms with Crippen molar-refractivity contribution in [2.45, 2.75) is 32.4 Å². The summed E-state index contributed by atoms with van der Waals surface area (Å²) < 4.78 is 12.8. The smallest absolute Gasteiger partial charge is 0.191 e. The highest BCUT2D eigenvalue weighted by atomic mass is 16.5. The number of nitrogens with zero attached hydrogens (tertiary/aromatic N) is 4. The summed E-state index contributed by atoms with van der Waals surface area (Å²) in [5.41, 5.74) is 2.30. The Hall–Kier alpha value is -2.90. The van der Waals surface area contributed by atoms with Crippen LogP contribution in [0.3, 0.4) is 0 Å². The van der Waals surface area contributed by atoms with Gasteiger partial charge in [-0.05, 0) is 25.3 Å². The normalized spacial score (nSPS) is 16.8. The van der Waals surface area contributed by atoms with Crippen LogP contribution in [0.1, 0.15) is 18.4 Å². The lowest BCUT2D eigenvalue weighted by molar-refractivity contribution is 0.394. The summed E-state index contributed by atoms with van der Waals surface area (Å²) in [5.74, 6) is 2.46. The summed E-state index contributed by atoms with van der Waals surface area (Å²) in [5, 5.41) is 11.3. The summed E-state index contributed by atoms with van der Waals surface area (Å²) in [4.78, 5) is 6.71. The maximum Gasteiger partial charge on any atom is 0.191 e. The molecule has 0 bridgehead atoms. The van der Waals surface area contributed by atoms with E-state index in [9.17, 15) is 0 Å². The SMILES string of the molecule is CN=C(NCCCn1cc(C)cn1)NC1CCN(c2cc(OC)cc(OC)c2)C1. The summed E-state index contributed by atoms with van der Waals surface area (Å²) in [6.45, 7) is 5.68. The Morgan fingerprint density at radius 2 is 2.00 bits per heavy atom. The summed E-state index contributed by atoms with van der Waals surface area (Å²) >= 11 is 0. The van der Waals surface area contributed by atoms with Crippen LogP contribution in [0.25, 0.3) is 0 Å². The molecule has 0 amide bonds. The van der Waals surface area contributed by atoms with Gasteiger partial charge in [-0.3, -0.25) is 9.67 Å². The number of benzene rings is 1. The van der Waals surface area contributed by atoms with Crippen LogP contribution in [0.2, 0.25) is 0 Å². The van der Waals surface area contributed by atoms with Gasteiger partial charge >= 0.3 is 0 Å². The molecule has 158 valence electrons. The summed E-state index contributed by atoms with van der Waals surface area (Å²) in [6.07, 6.45) is 5.99. The molecular formula is C21H32N6O2. The van der Waals surface area contributed by atoms with Crippen LogP contribution in [0.15, 0.2) is 35.6 Å². The van der Waals surface area contributed by atoms with Crippen molar-refractivity contribution >= 4 is 11.6 Å². The maximum atomic E-state index is 5.40. The van der Waals surface area contributed by atoms with E-state index in [0.29, 0.717) is 6.04 Å². The molecule has 1 aromatic carbocycles. The molecule has 0 saturated carbocycles. The van der Waals surface area contributed by atoms with Crippen LogP contribution in [0, 0.1) is 6.92 Å². The molecular weight excluding hydrogens is 368 g/mol. The van der Waals surface area contributed by atoms with Gasteiger partial charge in [-0.15, -0.1) is 0 Å². The number of aryl methyl sites for hydroxylation is 2. The van der Waals surface area contributed by atoms with Crippen LogP contribution in [-0.4, -0.2) is 62.7 Å². The van der Waals surface area contributed by atoms with E-state index in [2.05, 4.69) is 50.9 Å². The van der Waals surface area contributed by atoms with E-state index in [4.69, 9.17) is 9.47 Å². The lowest BCUT2D eigenvalue weighted by atomic mass is 10.2. The number of ether oxygens (including phenoxy) is 2. The monoisotopic (exact) mass is 400 g/mol. The maximum absolute atomic E-state index is 5.40. The molecule has 1 aliphatic rings. The number of guanidine groups is 1. The first-order valence-electron chi connectivity index (χ1n) is 10.1. The van der Waals surface area contributed by atoms with Crippen molar-refractivity contribution in [2.24, 2.45) is 4.99 Å². The molecule has 1 unspecified atom stereocenters. The molecule has 1 aliphatic heterocycles. The number of hydrogen-bond acceptors (Lipinski definition) is 5. The minimum Gasteiger partial charge on any atom is -0.497 e. The largest absolute Gasteiger partial charge is 0.497 e. The lowest BCUT2D eigenvalue weighted by Gasteiger charge is -2.21. The van der Waals surface area contributed by atoms with Crippen molar-refractivity contribution in [3.05, 3.63) is 36.2 Å². The van der Waals surface area contributed by atoms with Gasteiger partial charge in [-0.2, -0.15) is 5.10 Å². The topological polar surface area (TPSA) is 75.9 Å². The van der Waals surface area contributed by atoms with Gasteiger partial charge in [0.1, 0.15) is 11.5 Å². The zero-order chi connectivity index (χ0) is 20.6. The van der Waals surface area contributed by atoms with Crippen molar-refractivity contribution in [1.29, 1.82) is 0 Å².